The number of benzene rings is 2. The van der Waals surface area contributed by atoms with Crippen molar-refractivity contribution in [1.82, 2.24) is 0 Å². The Kier molecular flexibility index (Phi) is 3.89. The number of rotatable bonds is 3. The molecular formula is C15H15FN2O2. The number of phenolic OH excluding ortho intramolecular Hbond substituents is 1. The smallest absolute Gasteiger partial charge is 0.258 e. The first-order chi connectivity index (χ1) is 9.52. The van der Waals surface area contributed by atoms with Crippen molar-refractivity contribution in [3.63, 3.8) is 0 Å². The lowest BCUT2D eigenvalue weighted by Crippen LogP contribution is -2.30. The molecule has 3 N–H and O–H groups in total. The highest BCUT2D eigenvalue weighted by atomic mass is 19.1. The number of aromatic hydroxyl groups is 1. The van der Waals surface area contributed by atoms with Gasteiger partial charge in [0.15, 0.2) is 0 Å². The zero-order chi connectivity index (χ0) is 14.7. The molecule has 2 aromatic rings. The van der Waals surface area contributed by atoms with Crippen molar-refractivity contribution in [2.24, 2.45) is 0 Å². The van der Waals surface area contributed by atoms with Gasteiger partial charge in [-0.2, -0.15) is 0 Å². The number of hydrogen-bond acceptors (Lipinski definition) is 3. The van der Waals surface area contributed by atoms with Crippen LogP contribution < -0.4 is 10.6 Å². The van der Waals surface area contributed by atoms with Crippen molar-refractivity contribution < 1.29 is 14.3 Å². The molecule has 2 aromatic carbocycles. The first-order valence-corrected chi connectivity index (χ1v) is 6.19. The van der Waals surface area contributed by atoms with Crippen LogP contribution in [0.5, 0.6) is 5.75 Å². The Morgan fingerprint density at radius 3 is 2.65 bits per heavy atom. The van der Waals surface area contributed by atoms with Crippen LogP contribution in [0, 0.1) is 5.82 Å². The molecule has 0 saturated carbocycles. The molecule has 0 spiro atoms. The van der Waals surface area contributed by atoms with Crippen LogP contribution >= 0.6 is 0 Å². The third kappa shape index (κ3) is 2.71. The number of nitrogens with zero attached hydrogens (tertiary/aromatic N) is 1. The molecule has 0 aromatic heterocycles. The molecule has 0 saturated heterocycles. The summed E-state index contributed by atoms with van der Waals surface area (Å²) in [6.45, 7) is 2.17. The number of amides is 1. The first-order valence-electron chi connectivity index (χ1n) is 6.19. The number of halogens is 1. The lowest BCUT2D eigenvalue weighted by atomic mass is 10.1. The van der Waals surface area contributed by atoms with Crippen LogP contribution in [0.25, 0.3) is 0 Å². The number of nitrogen functional groups attached to an aromatic ring is 1. The first kappa shape index (κ1) is 13.9. The number of phenols is 1. The molecule has 0 heterocycles. The maximum absolute atomic E-state index is 13.3. The second-order valence-electron chi connectivity index (χ2n) is 4.30. The predicted octanol–water partition coefficient (Wildman–Crippen LogP) is 2.78. The highest BCUT2D eigenvalue weighted by Gasteiger charge is 2.17. The minimum atomic E-state index is -0.408. The van der Waals surface area contributed by atoms with Gasteiger partial charge in [0.25, 0.3) is 5.91 Å². The number of carbonyl (C=O) groups is 1. The van der Waals surface area contributed by atoms with E-state index in [-0.39, 0.29) is 17.3 Å². The summed E-state index contributed by atoms with van der Waals surface area (Å²) in [6.07, 6.45) is 0. The minimum Gasteiger partial charge on any atom is -0.506 e. The third-order valence-electron chi connectivity index (χ3n) is 2.96. The Hall–Kier alpha value is -2.56. The van der Waals surface area contributed by atoms with Crippen molar-refractivity contribution in [3.8, 4) is 5.75 Å². The lowest BCUT2D eigenvalue weighted by Gasteiger charge is -2.21. The SMILES string of the molecule is CCN(C(=O)c1ccc(N)c(O)c1)c1cccc(F)c1. The van der Waals surface area contributed by atoms with Gasteiger partial charge >= 0.3 is 0 Å². The molecule has 20 heavy (non-hydrogen) atoms. The van der Waals surface area contributed by atoms with Crippen LogP contribution in [0.3, 0.4) is 0 Å². The van der Waals surface area contributed by atoms with E-state index in [1.54, 1.807) is 19.1 Å². The van der Waals surface area contributed by atoms with Gasteiger partial charge in [0, 0.05) is 17.8 Å². The summed E-state index contributed by atoms with van der Waals surface area (Å²) >= 11 is 0. The van der Waals surface area contributed by atoms with Crippen LogP contribution in [0.4, 0.5) is 15.8 Å². The van der Waals surface area contributed by atoms with Gasteiger partial charge in [0.1, 0.15) is 11.6 Å². The van der Waals surface area contributed by atoms with E-state index in [2.05, 4.69) is 0 Å². The Balaban J connectivity index is 2.36. The van der Waals surface area contributed by atoms with Gasteiger partial charge in [-0.25, -0.2) is 4.39 Å². The van der Waals surface area contributed by atoms with Crippen LogP contribution in [-0.4, -0.2) is 17.6 Å². The predicted molar refractivity (Wildman–Crippen MR) is 76.3 cm³/mol. The fourth-order valence-electron chi connectivity index (χ4n) is 1.92. The van der Waals surface area contributed by atoms with Gasteiger partial charge in [0.05, 0.1) is 5.69 Å². The molecule has 0 radical (unpaired) electrons. The second-order valence-corrected chi connectivity index (χ2v) is 4.30. The summed E-state index contributed by atoms with van der Waals surface area (Å²) in [7, 11) is 0. The fraction of sp³-hybridized carbons (Fsp3) is 0.133. The molecule has 4 nitrogen and oxygen atoms in total. The van der Waals surface area contributed by atoms with Crippen LogP contribution in [0.2, 0.25) is 0 Å². The number of hydrogen-bond donors (Lipinski definition) is 2. The molecule has 1 amide bonds. The van der Waals surface area contributed by atoms with Crippen molar-refractivity contribution in [1.29, 1.82) is 0 Å². The quantitative estimate of drug-likeness (QED) is 0.668. The molecule has 0 aliphatic rings. The summed E-state index contributed by atoms with van der Waals surface area (Å²) in [4.78, 5) is 13.8. The Labute approximate surface area is 116 Å². The summed E-state index contributed by atoms with van der Waals surface area (Å²) in [5.74, 6) is -0.881. The summed E-state index contributed by atoms with van der Waals surface area (Å²) in [5, 5.41) is 9.56. The highest BCUT2D eigenvalue weighted by molar-refractivity contribution is 6.06. The van der Waals surface area contributed by atoms with Crippen LogP contribution in [0.15, 0.2) is 42.5 Å². The summed E-state index contributed by atoms with van der Waals surface area (Å²) < 4.78 is 13.3. The lowest BCUT2D eigenvalue weighted by molar-refractivity contribution is 0.0988. The average Bonchev–Trinajstić information content (AvgIpc) is 2.42. The van der Waals surface area contributed by atoms with Gasteiger partial charge < -0.3 is 15.7 Å². The molecule has 0 aliphatic carbocycles. The van der Waals surface area contributed by atoms with E-state index in [1.807, 2.05) is 0 Å². The number of anilines is 2. The minimum absolute atomic E-state index is 0.147. The van der Waals surface area contributed by atoms with E-state index >= 15 is 0 Å². The number of carbonyl (C=O) groups excluding carboxylic acids is 1. The van der Waals surface area contributed by atoms with Gasteiger partial charge in [-0.15, -0.1) is 0 Å². The fourth-order valence-corrected chi connectivity index (χ4v) is 1.92. The van der Waals surface area contributed by atoms with Crippen molar-refractivity contribution in [2.75, 3.05) is 17.2 Å². The topological polar surface area (TPSA) is 66.6 Å². The van der Waals surface area contributed by atoms with Crippen molar-refractivity contribution in [2.45, 2.75) is 6.92 Å². The number of nitrogens with two attached hydrogens (primary N) is 1. The maximum atomic E-state index is 13.3. The largest absolute Gasteiger partial charge is 0.506 e. The Morgan fingerprint density at radius 2 is 2.05 bits per heavy atom. The second kappa shape index (κ2) is 5.61. The highest BCUT2D eigenvalue weighted by Crippen LogP contribution is 2.23. The molecule has 0 atom stereocenters. The monoisotopic (exact) mass is 274 g/mol. The Morgan fingerprint density at radius 1 is 1.30 bits per heavy atom. The van der Waals surface area contributed by atoms with Crippen molar-refractivity contribution in [3.05, 3.63) is 53.8 Å². The van der Waals surface area contributed by atoms with Gasteiger partial charge in [0.2, 0.25) is 0 Å². The maximum Gasteiger partial charge on any atom is 0.258 e. The molecule has 0 unspecified atom stereocenters. The summed E-state index contributed by atoms with van der Waals surface area (Å²) in [5.41, 5.74) is 6.47. The zero-order valence-corrected chi connectivity index (χ0v) is 11.0. The third-order valence-corrected chi connectivity index (χ3v) is 2.96. The van der Waals surface area contributed by atoms with Gasteiger partial charge in [-0.3, -0.25) is 4.79 Å². The van der Waals surface area contributed by atoms with Crippen LogP contribution in [-0.2, 0) is 0 Å². The van der Waals surface area contributed by atoms with Crippen LogP contribution in [0.1, 0.15) is 17.3 Å². The summed E-state index contributed by atoms with van der Waals surface area (Å²) in [6, 6.07) is 10.1. The molecule has 104 valence electrons. The van der Waals surface area contributed by atoms with E-state index < -0.39 is 5.82 Å². The Bertz CT molecular complexity index is 644. The molecule has 0 aliphatic heterocycles. The standard InChI is InChI=1S/C15H15FN2O2/c1-2-18(12-5-3-4-11(16)9-12)15(20)10-6-7-13(17)14(19)8-10/h3-9,19H,2,17H2,1H3. The van der Waals surface area contributed by atoms with E-state index in [4.69, 9.17) is 5.73 Å². The van der Waals surface area contributed by atoms with Gasteiger partial charge in [-0.05, 0) is 43.3 Å². The van der Waals surface area contributed by atoms with E-state index in [0.717, 1.165) is 0 Å². The van der Waals surface area contributed by atoms with Crippen molar-refractivity contribution >= 4 is 17.3 Å². The molecule has 2 rings (SSSR count). The average molecular weight is 274 g/mol. The normalized spacial score (nSPS) is 10.3. The zero-order valence-electron chi connectivity index (χ0n) is 11.0. The van der Waals surface area contributed by atoms with E-state index in [9.17, 15) is 14.3 Å². The molecule has 0 bridgehead atoms. The van der Waals surface area contributed by atoms with Gasteiger partial charge in [-0.1, -0.05) is 6.07 Å². The molecule has 0 fully saturated rings. The van der Waals surface area contributed by atoms with E-state index in [1.165, 1.54) is 35.2 Å². The molecule has 5 heteroatoms. The molecular weight excluding hydrogens is 259 g/mol. The van der Waals surface area contributed by atoms with E-state index in [0.29, 0.717) is 17.8 Å².